The molecular weight excluding hydrogens is 584 g/mol. The molecule has 0 spiro atoms. The maximum absolute atomic E-state index is 13.3. The molecule has 5 aliphatic rings. The third kappa shape index (κ3) is 4.85. The van der Waals surface area contributed by atoms with Gasteiger partial charge in [0.2, 0.25) is 0 Å². The van der Waals surface area contributed by atoms with E-state index in [0.29, 0.717) is 53.9 Å². The van der Waals surface area contributed by atoms with Crippen molar-refractivity contribution in [3.63, 3.8) is 0 Å². The Balaban J connectivity index is 1.45. The second kappa shape index (κ2) is 11.6. The first-order chi connectivity index (χ1) is 21.2. The Morgan fingerprint density at radius 1 is 0.826 bits per heavy atom. The zero-order valence-corrected chi connectivity index (χ0v) is 29.6. The molecule has 0 saturated heterocycles. The molecule has 0 aromatic carbocycles. The lowest BCUT2D eigenvalue weighted by Crippen LogP contribution is -2.67. The van der Waals surface area contributed by atoms with E-state index in [0.717, 1.165) is 12.8 Å². The number of carboxylic acid groups (broad SMARTS) is 1. The van der Waals surface area contributed by atoms with Crippen LogP contribution in [0.4, 0.5) is 0 Å². The molecule has 260 valence electrons. The second-order valence-corrected chi connectivity index (χ2v) is 17.6. The van der Waals surface area contributed by atoms with E-state index in [2.05, 4.69) is 47.6 Å². The molecule has 4 saturated carbocycles. The van der Waals surface area contributed by atoms with Crippen LogP contribution in [0.15, 0.2) is 23.0 Å². The van der Waals surface area contributed by atoms with E-state index in [1.807, 2.05) is 0 Å². The van der Waals surface area contributed by atoms with E-state index < -0.39 is 47.5 Å². The number of ether oxygens (including phenoxy) is 1. The summed E-state index contributed by atoms with van der Waals surface area (Å²) in [5.41, 5.74) is 0.523. The first kappa shape index (κ1) is 35.4. The van der Waals surface area contributed by atoms with E-state index >= 15 is 0 Å². The van der Waals surface area contributed by atoms with Gasteiger partial charge in [0.15, 0.2) is 6.10 Å². The van der Waals surface area contributed by atoms with Crippen LogP contribution in [0.25, 0.3) is 0 Å². The van der Waals surface area contributed by atoms with Crippen LogP contribution in [0.3, 0.4) is 0 Å². The van der Waals surface area contributed by atoms with E-state index in [9.17, 15) is 35.1 Å². The summed E-state index contributed by atoms with van der Waals surface area (Å²) >= 11 is 0. The van der Waals surface area contributed by atoms with Gasteiger partial charge in [0.1, 0.15) is 29.5 Å². The third-order valence-corrected chi connectivity index (χ3v) is 15.4. The second-order valence-electron chi connectivity index (χ2n) is 17.6. The Bertz CT molecular complexity index is 1300. The van der Waals surface area contributed by atoms with Crippen LogP contribution in [-0.2, 0) is 14.3 Å². The molecule has 0 amide bonds. The topological polar surface area (TPSA) is 145 Å². The summed E-state index contributed by atoms with van der Waals surface area (Å²) < 4.78 is 5.75. The highest BCUT2D eigenvalue weighted by Crippen LogP contribution is 2.75. The van der Waals surface area contributed by atoms with Crippen molar-refractivity contribution in [1.29, 1.82) is 0 Å². The number of aliphatic hydroxyl groups excluding tert-OH is 4. The van der Waals surface area contributed by atoms with Gasteiger partial charge in [-0.3, -0.25) is 4.79 Å². The fraction of sp³-hybridized carbons (Fsp3) is 0.842. The number of hydrogen-bond donors (Lipinski definition) is 5. The zero-order chi connectivity index (χ0) is 34.4. The summed E-state index contributed by atoms with van der Waals surface area (Å²) in [6.45, 7) is 19.3. The molecule has 5 N–H and O–H groups in total. The lowest BCUT2D eigenvalue weighted by atomic mass is 9.33. The fourth-order valence-corrected chi connectivity index (χ4v) is 12.0. The van der Waals surface area contributed by atoms with Gasteiger partial charge in [-0.2, -0.15) is 0 Å². The number of allylic oxidation sites excluding steroid dienone is 3. The van der Waals surface area contributed by atoms with Crippen molar-refractivity contribution in [1.82, 2.24) is 0 Å². The Hall–Kier alpha value is -1.90. The van der Waals surface area contributed by atoms with Crippen molar-refractivity contribution in [3.05, 3.63) is 23.0 Å². The van der Waals surface area contributed by atoms with Crippen molar-refractivity contribution < 1.29 is 39.9 Å². The van der Waals surface area contributed by atoms with Gasteiger partial charge >= 0.3 is 11.9 Å². The number of fused-ring (bicyclic) bond motifs is 7. The van der Waals surface area contributed by atoms with Crippen LogP contribution in [0.1, 0.15) is 120 Å². The standard InChI is InChI=1S/C38H60O8/c1-20(2)28(39)29(40)30(41)31(42)32(43)46-26-14-17-37(8)25(38(26,9)33(44)45)11-10-24-35(6)19-18-34(5)15-12-21(3)22(4)27(34)23(35)13-16-36(24,37)7/h13,21-22,24-27,29-31,39-42H,10-12,14-19H2,1-9H3,(H,44,45)/t21?,22?,24?,25?,26?,27?,29-,30-,31-,34?,35?,36?,37?,38?/m1/s1. The molecule has 4 fully saturated rings. The van der Waals surface area contributed by atoms with Gasteiger partial charge in [0.05, 0.1) is 0 Å². The Morgan fingerprint density at radius 3 is 2.07 bits per heavy atom. The normalized spacial score (nSPS) is 47.0. The molecule has 46 heavy (non-hydrogen) atoms. The minimum absolute atomic E-state index is 0.0668. The van der Waals surface area contributed by atoms with Gasteiger partial charge in [-0.15, -0.1) is 0 Å². The summed E-state index contributed by atoms with van der Waals surface area (Å²) in [4.78, 5) is 26.4. The SMILES string of the molecule is CC(C)=C(O)[C@@H](O)[C@@H](O)[C@@H](O)C(=O)OC1CCC2(C)C(CCC3C4(C)CCC5(C)CCC(C)C(C)C5C4=CCC32C)C1(C)C(=O)O. The highest BCUT2D eigenvalue weighted by molar-refractivity contribution is 5.79. The quantitative estimate of drug-likeness (QED) is 0.124. The first-order valence-corrected chi connectivity index (χ1v) is 17.8. The maximum atomic E-state index is 13.3. The molecule has 14 atom stereocenters. The molecule has 0 bridgehead atoms. The molecule has 0 aromatic rings. The number of hydrogen-bond acceptors (Lipinski definition) is 7. The van der Waals surface area contributed by atoms with Gasteiger partial charge < -0.3 is 30.3 Å². The summed E-state index contributed by atoms with van der Waals surface area (Å²) in [5.74, 6) is -0.683. The van der Waals surface area contributed by atoms with Gasteiger partial charge in [-0.05, 0) is 135 Å². The van der Waals surface area contributed by atoms with Crippen molar-refractivity contribution >= 4 is 11.9 Å². The summed E-state index contributed by atoms with van der Waals surface area (Å²) in [6.07, 6.45) is 4.02. The fourth-order valence-electron chi connectivity index (χ4n) is 12.0. The van der Waals surface area contributed by atoms with Crippen LogP contribution in [0, 0.1) is 56.7 Å². The van der Waals surface area contributed by atoms with Crippen LogP contribution in [0.2, 0.25) is 0 Å². The minimum Gasteiger partial charge on any atom is -0.510 e. The number of aliphatic hydroxyl groups is 4. The lowest BCUT2D eigenvalue weighted by molar-refractivity contribution is -0.232. The van der Waals surface area contributed by atoms with Crippen LogP contribution >= 0.6 is 0 Å². The molecule has 5 aliphatic carbocycles. The summed E-state index contributed by atoms with van der Waals surface area (Å²) in [5, 5.41) is 52.2. The van der Waals surface area contributed by atoms with Gasteiger partial charge in [0, 0.05) is 0 Å². The van der Waals surface area contributed by atoms with E-state index in [1.165, 1.54) is 39.5 Å². The number of esters is 1. The summed E-state index contributed by atoms with van der Waals surface area (Å²) in [7, 11) is 0. The van der Waals surface area contributed by atoms with Crippen LogP contribution in [-0.4, -0.2) is 61.9 Å². The molecule has 0 radical (unpaired) electrons. The average molecular weight is 645 g/mol. The van der Waals surface area contributed by atoms with Gasteiger partial charge in [-0.25, -0.2) is 4.79 Å². The Kier molecular flexibility index (Phi) is 8.94. The van der Waals surface area contributed by atoms with Crippen molar-refractivity contribution in [2.45, 2.75) is 145 Å². The molecule has 5 rings (SSSR count). The smallest absolute Gasteiger partial charge is 0.338 e. The number of carboxylic acids is 1. The predicted octanol–water partition coefficient (Wildman–Crippen LogP) is 6.58. The van der Waals surface area contributed by atoms with Gasteiger partial charge in [-0.1, -0.05) is 53.2 Å². The molecule has 0 heterocycles. The molecule has 8 nitrogen and oxygen atoms in total. The van der Waals surface area contributed by atoms with Crippen LogP contribution < -0.4 is 0 Å². The van der Waals surface area contributed by atoms with E-state index in [-0.39, 0.29) is 22.2 Å². The largest absolute Gasteiger partial charge is 0.510 e. The maximum Gasteiger partial charge on any atom is 0.338 e. The Labute approximate surface area is 275 Å². The number of carbonyl (C=O) groups is 2. The van der Waals surface area contributed by atoms with Crippen molar-refractivity contribution in [2.24, 2.45) is 56.7 Å². The number of aliphatic carboxylic acids is 1. The molecule has 8 heteroatoms. The molecule has 0 aromatic heterocycles. The number of carbonyl (C=O) groups excluding carboxylic acids is 1. The first-order valence-electron chi connectivity index (χ1n) is 17.8. The van der Waals surface area contributed by atoms with E-state index in [4.69, 9.17) is 4.74 Å². The minimum atomic E-state index is -2.15. The predicted molar refractivity (Wildman–Crippen MR) is 176 cm³/mol. The highest BCUT2D eigenvalue weighted by atomic mass is 16.6. The molecule has 0 aliphatic heterocycles. The average Bonchev–Trinajstić information content (AvgIpc) is 2.99. The number of rotatable bonds is 6. The van der Waals surface area contributed by atoms with Crippen molar-refractivity contribution in [2.75, 3.05) is 0 Å². The zero-order valence-electron chi connectivity index (χ0n) is 29.6. The molecular formula is C38H60O8. The van der Waals surface area contributed by atoms with Crippen molar-refractivity contribution in [3.8, 4) is 0 Å². The monoisotopic (exact) mass is 644 g/mol. The third-order valence-electron chi connectivity index (χ3n) is 15.4. The van der Waals surface area contributed by atoms with Crippen LogP contribution in [0.5, 0.6) is 0 Å². The highest BCUT2D eigenvalue weighted by Gasteiger charge is 2.71. The molecule has 11 unspecified atom stereocenters. The van der Waals surface area contributed by atoms with E-state index in [1.54, 1.807) is 12.5 Å². The lowest BCUT2D eigenvalue weighted by Gasteiger charge is -2.71. The summed E-state index contributed by atoms with van der Waals surface area (Å²) in [6, 6.07) is 0. The Morgan fingerprint density at radius 2 is 1.46 bits per heavy atom. The van der Waals surface area contributed by atoms with Gasteiger partial charge in [0.25, 0.3) is 0 Å².